The van der Waals surface area contributed by atoms with E-state index in [1.807, 2.05) is 0 Å². The van der Waals surface area contributed by atoms with Gasteiger partial charge in [0.25, 0.3) is 0 Å². The van der Waals surface area contributed by atoms with Crippen LogP contribution >= 0.6 is 0 Å². The zero-order valence-corrected chi connectivity index (χ0v) is 11.6. The van der Waals surface area contributed by atoms with Gasteiger partial charge in [-0.05, 0) is 12.8 Å². The smallest absolute Gasteiger partial charge is 0.308 e. The third-order valence-electron chi connectivity index (χ3n) is 2.59. The minimum atomic E-state index is -1.18. The molecule has 0 saturated heterocycles. The largest absolute Gasteiger partial charge is 0.466 e. The molecule has 0 aliphatic rings. The molecule has 0 aliphatic carbocycles. The minimum Gasteiger partial charge on any atom is -0.466 e. The Bertz CT molecular complexity index is 403. The Morgan fingerprint density at radius 2 is 2.16 bits per heavy atom. The number of nitrogens with zero attached hydrogens (tertiary/aromatic N) is 2. The van der Waals surface area contributed by atoms with Crippen LogP contribution in [-0.2, 0) is 16.1 Å². The SMILES string of the molecule is CCOC(=O)CC(O)C(O)c1cnn(CC(C)C)c1. The van der Waals surface area contributed by atoms with Crippen LogP contribution in [0.5, 0.6) is 0 Å². The molecule has 0 spiro atoms. The summed E-state index contributed by atoms with van der Waals surface area (Å²) in [6.07, 6.45) is 0.631. The zero-order chi connectivity index (χ0) is 14.4. The lowest BCUT2D eigenvalue weighted by atomic mass is 10.1. The highest BCUT2D eigenvalue weighted by Crippen LogP contribution is 2.19. The first kappa shape index (κ1) is 15.7. The molecule has 108 valence electrons. The van der Waals surface area contributed by atoms with Gasteiger partial charge in [-0.1, -0.05) is 13.8 Å². The van der Waals surface area contributed by atoms with Crippen LogP contribution in [0.2, 0.25) is 0 Å². The van der Waals surface area contributed by atoms with Crippen LogP contribution in [-0.4, -0.2) is 38.7 Å². The van der Waals surface area contributed by atoms with E-state index in [-0.39, 0.29) is 13.0 Å². The van der Waals surface area contributed by atoms with Crippen LogP contribution in [0.3, 0.4) is 0 Å². The molecule has 2 unspecified atom stereocenters. The van der Waals surface area contributed by atoms with E-state index in [1.54, 1.807) is 17.8 Å². The Morgan fingerprint density at radius 1 is 1.47 bits per heavy atom. The third-order valence-corrected chi connectivity index (χ3v) is 2.59. The first-order chi connectivity index (χ1) is 8.93. The molecular weight excluding hydrogens is 248 g/mol. The van der Waals surface area contributed by atoms with Gasteiger partial charge >= 0.3 is 5.97 Å². The number of ether oxygens (including phenoxy) is 1. The van der Waals surface area contributed by atoms with Crippen molar-refractivity contribution in [3.63, 3.8) is 0 Å². The molecule has 0 fully saturated rings. The molecule has 0 radical (unpaired) electrons. The summed E-state index contributed by atoms with van der Waals surface area (Å²) in [5.41, 5.74) is 0.498. The summed E-state index contributed by atoms with van der Waals surface area (Å²) in [6.45, 7) is 6.81. The number of hydrogen-bond donors (Lipinski definition) is 2. The second-order valence-electron chi connectivity index (χ2n) is 4.91. The lowest BCUT2D eigenvalue weighted by molar-refractivity contribution is -0.147. The van der Waals surface area contributed by atoms with Crippen LogP contribution < -0.4 is 0 Å². The number of carbonyl (C=O) groups is 1. The summed E-state index contributed by atoms with van der Waals surface area (Å²) in [5, 5.41) is 23.8. The quantitative estimate of drug-likeness (QED) is 0.719. The van der Waals surface area contributed by atoms with Gasteiger partial charge in [-0.25, -0.2) is 0 Å². The molecular formula is C13H22N2O4. The molecule has 1 aromatic rings. The Hall–Kier alpha value is -1.40. The topological polar surface area (TPSA) is 84.6 Å². The van der Waals surface area contributed by atoms with Gasteiger partial charge in [-0.3, -0.25) is 9.48 Å². The molecule has 6 nitrogen and oxygen atoms in total. The van der Waals surface area contributed by atoms with Gasteiger partial charge in [0.2, 0.25) is 0 Å². The molecule has 2 atom stereocenters. The molecule has 1 aromatic heterocycles. The van der Waals surface area contributed by atoms with Crippen molar-refractivity contribution < 1.29 is 19.7 Å². The van der Waals surface area contributed by atoms with Gasteiger partial charge in [0, 0.05) is 18.3 Å². The van der Waals surface area contributed by atoms with E-state index >= 15 is 0 Å². The van der Waals surface area contributed by atoms with Crippen molar-refractivity contribution in [3.8, 4) is 0 Å². The number of aliphatic hydroxyl groups excluding tert-OH is 2. The normalized spacial score (nSPS) is 14.4. The summed E-state index contributed by atoms with van der Waals surface area (Å²) in [4.78, 5) is 11.2. The molecule has 1 rings (SSSR count). The van der Waals surface area contributed by atoms with Crippen LogP contribution in [0, 0.1) is 5.92 Å². The lowest BCUT2D eigenvalue weighted by Gasteiger charge is -2.15. The Labute approximate surface area is 113 Å². The third kappa shape index (κ3) is 5.00. The van der Waals surface area contributed by atoms with E-state index in [2.05, 4.69) is 18.9 Å². The minimum absolute atomic E-state index is 0.232. The number of rotatable bonds is 7. The van der Waals surface area contributed by atoms with Crippen molar-refractivity contribution in [2.75, 3.05) is 6.61 Å². The van der Waals surface area contributed by atoms with Crippen molar-refractivity contribution in [2.24, 2.45) is 5.92 Å². The zero-order valence-electron chi connectivity index (χ0n) is 11.6. The van der Waals surface area contributed by atoms with Crippen molar-refractivity contribution in [2.45, 2.75) is 45.9 Å². The molecule has 1 heterocycles. The Balaban J connectivity index is 2.58. The number of hydrogen-bond acceptors (Lipinski definition) is 5. The second kappa shape index (κ2) is 7.25. The van der Waals surface area contributed by atoms with Crippen molar-refractivity contribution in [1.29, 1.82) is 0 Å². The van der Waals surface area contributed by atoms with Gasteiger partial charge in [0.15, 0.2) is 0 Å². The molecule has 0 bridgehead atoms. The summed E-state index contributed by atoms with van der Waals surface area (Å²) >= 11 is 0. The Morgan fingerprint density at radius 3 is 2.74 bits per heavy atom. The van der Waals surface area contributed by atoms with E-state index in [4.69, 9.17) is 4.74 Å². The number of aromatic nitrogens is 2. The van der Waals surface area contributed by atoms with Crippen LogP contribution in [0.25, 0.3) is 0 Å². The molecule has 0 amide bonds. The van der Waals surface area contributed by atoms with Crippen LogP contribution in [0.1, 0.15) is 38.9 Å². The molecule has 0 aliphatic heterocycles. The van der Waals surface area contributed by atoms with E-state index < -0.39 is 18.2 Å². The van der Waals surface area contributed by atoms with E-state index in [9.17, 15) is 15.0 Å². The fraction of sp³-hybridized carbons (Fsp3) is 0.692. The summed E-state index contributed by atoms with van der Waals surface area (Å²) in [7, 11) is 0. The maximum Gasteiger partial charge on any atom is 0.308 e. The average molecular weight is 270 g/mol. The molecule has 2 N–H and O–H groups in total. The van der Waals surface area contributed by atoms with Crippen LogP contribution in [0.4, 0.5) is 0 Å². The van der Waals surface area contributed by atoms with Gasteiger partial charge in [0.1, 0.15) is 6.10 Å². The first-order valence-electron chi connectivity index (χ1n) is 6.48. The van der Waals surface area contributed by atoms with E-state index in [0.717, 1.165) is 6.54 Å². The highest BCUT2D eigenvalue weighted by molar-refractivity contribution is 5.70. The fourth-order valence-electron chi connectivity index (χ4n) is 1.73. The highest BCUT2D eigenvalue weighted by Gasteiger charge is 2.23. The number of aliphatic hydroxyl groups is 2. The predicted molar refractivity (Wildman–Crippen MR) is 69.3 cm³/mol. The highest BCUT2D eigenvalue weighted by atomic mass is 16.5. The average Bonchev–Trinajstić information content (AvgIpc) is 2.75. The standard InChI is InChI=1S/C13H22N2O4/c1-4-19-12(17)5-11(16)13(18)10-6-14-15(8-10)7-9(2)3/h6,8-9,11,13,16,18H,4-5,7H2,1-3H3. The molecule has 6 heteroatoms. The monoisotopic (exact) mass is 270 g/mol. The lowest BCUT2D eigenvalue weighted by Crippen LogP contribution is -2.23. The maximum atomic E-state index is 11.2. The maximum absolute atomic E-state index is 11.2. The Kier molecular flexibility index (Phi) is 5.98. The molecule has 19 heavy (non-hydrogen) atoms. The number of esters is 1. The van der Waals surface area contributed by atoms with Crippen molar-refractivity contribution in [1.82, 2.24) is 9.78 Å². The molecule has 0 saturated carbocycles. The van der Waals surface area contributed by atoms with Gasteiger partial charge in [0.05, 0.1) is 25.3 Å². The fourth-order valence-corrected chi connectivity index (χ4v) is 1.73. The van der Waals surface area contributed by atoms with Crippen molar-refractivity contribution >= 4 is 5.97 Å². The molecule has 0 aromatic carbocycles. The summed E-state index contributed by atoms with van der Waals surface area (Å²) < 4.78 is 6.43. The van der Waals surface area contributed by atoms with Gasteiger partial charge in [-0.2, -0.15) is 5.10 Å². The summed E-state index contributed by atoms with van der Waals surface area (Å²) in [6, 6.07) is 0. The van der Waals surface area contributed by atoms with Crippen molar-refractivity contribution in [3.05, 3.63) is 18.0 Å². The van der Waals surface area contributed by atoms with Crippen LogP contribution in [0.15, 0.2) is 12.4 Å². The van der Waals surface area contributed by atoms with Gasteiger partial charge in [-0.15, -0.1) is 0 Å². The first-order valence-corrected chi connectivity index (χ1v) is 6.48. The summed E-state index contributed by atoms with van der Waals surface area (Å²) in [5.74, 6) is -0.0852. The number of carbonyl (C=O) groups excluding carboxylic acids is 1. The van der Waals surface area contributed by atoms with Gasteiger partial charge < -0.3 is 14.9 Å². The predicted octanol–water partition coefficient (Wildman–Crippen LogP) is 0.887. The van der Waals surface area contributed by atoms with E-state index in [0.29, 0.717) is 11.5 Å². The second-order valence-corrected chi connectivity index (χ2v) is 4.91. The van der Waals surface area contributed by atoms with E-state index in [1.165, 1.54) is 6.20 Å².